The highest BCUT2D eigenvalue weighted by Gasteiger charge is 2.34. The Hall–Kier alpha value is -0.690. The molecule has 0 bridgehead atoms. The highest BCUT2D eigenvalue weighted by Crippen LogP contribution is 2.39. The molecule has 1 heterocycles. The van der Waals surface area contributed by atoms with Crippen LogP contribution < -0.4 is 4.74 Å². The van der Waals surface area contributed by atoms with E-state index < -0.39 is 12.6 Å². The molecular formula is C16H21BrF2O3S. The number of thiophene rings is 1. The predicted molar refractivity (Wildman–Crippen MR) is 89.2 cm³/mol. The minimum atomic E-state index is -2.92. The SMILES string of the molecule is CC(C)[C@@H]1CC[C@@H](C)C[C@H]1OC(=O)c1cc(Br)c(OC(F)F)s1. The summed E-state index contributed by atoms with van der Waals surface area (Å²) in [6, 6.07) is 1.47. The van der Waals surface area contributed by atoms with E-state index in [0.29, 0.717) is 22.2 Å². The minimum Gasteiger partial charge on any atom is -0.458 e. The van der Waals surface area contributed by atoms with Crippen molar-refractivity contribution in [1.29, 1.82) is 0 Å². The van der Waals surface area contributed by atoms with Gasteiger partial charge in [0.25, 0.3) is 0 Å². The molecule has 0 spiro atoms. The van der Waals surface area contributed by atoms with Gasteiger partial charge >= 0.3 is 12.6 Å². The summed E-state index contributed by atoms with van der Waals surface area (Å²) in [5.41, 5.74) is 0. The second kappa shape index (κ2) is 7.92. The van der Waals surface area contributed by atoms with Crippen LogP contribution in [-0.4, -0.2) is 18.7 Å². The van der Waals surface area contributed by atoms with Gasteiger partial charge in [-0.2, -0.15) is 8.78 Å². The second-order valence-corrected chi connectivity index (χ2v) is 8.26. The Labute approximate surface area is 147 Å². The number of carbonyl (C=O) groups excluding carboxylic acids is 1. The summed E-state index contributed by atoms with van der Waals surface area (Å²) >= 11 is 4.00. The first kappa shape index (κ1) is 18.6. The van der Waals surface area contributed by atoms with E-state index in [4.69, 9.17) is 4.74 Å². The molecule has 0 saturated heterocycles. The first-order valence-electron chi connectivity index (χ1n) is 7.73. The van der Waals surface area contributed by atoms with Crippen molar-refractivity contribution in [3.05, 3.63) is 15.4 Å². The van der Waals surface area contributed by atoms with E-state index in [1.807, 2.05) is 0 Å². The summed E-state index contributed by atoms with van der Waals surface area (Å²) in [6.07, 6.45) is 2.92. The molecule has 1 aromatic rings. The van der Waals surface area contributed by atoms with Crippen LogP contribution in [0.1, 0.15) is 49.7 Å². The van der Waals surface area contributed by atoms with E-state index in [9.17, 15) is 13.6 Å². The molecule has 3 atom stereocenters. The van der Waals surface area contributed by atoms with Gasteiger partial charge in [-0.15, -0.1) is 0 Å². The average molecular weight is 411 g/mol. The Kier molecular flexibility index (Phi) is 6.42. The molecule has 23 heavy (non-hydrogen) atoms. The third-order valence-corrected chi connectivity index (χ3v) is 6.13. The van der Waals surface area contributed by atoms with Gasteiger partial charge in [0.15, 0.2) is 5.06 Å². The van der Waals surface area contributed by atoms with Crippen molar-refractivity contribution in [2.24, 2.45) is 17.8 Å². The number of alkyl halides is 2. The van der Waals surface area contributed by atoms with Gasteiger partial charge in [-0.1, -0.05) is 38.5 Å². The fourth-order valence-corrected chi connectivity index (χ4v) is 4.56. The first-order valence-corrected chi connectivity index (χ1v) is 9.34. The Bertz CT molecular complexity index is 547. The van der Waals surface area contributed by atoms with Crippen LogP contribution in [0.5, 0.6) is 5.06 Å². The van der Waals surface area contributed by atoms with Gasteiger partial charge in [0.05, 0.1) is 4.47 Å². The molecule has 2 rings (SSSR count). The molecule has 7 heteroatoms. The topological polar surface area (TPSA) is 35.5 Å². The van der Waals surface area contributed by atoms with Gasteiger partial charge < -0.3 is 9.47 Å². The van der Waals surface area contributed by atoms with E-state index in [-0.39, 0.29) is 16.0 Å². The van der Waals surface area contributed by atoms with E-state index >= 15 is 0 Å². The normalized spacial score (nSPS) is 25.0. The molecule has 0 aromatic carbocycles. The van der Waals surface area contributed by atoms with Crippen LogP contribution in [0.3, 0.4) is 0 Å². The van der Waals surface area contributed by atoms with Gasteiger partial charge in [-0.25, -0.2) is 4.79 Å². The van der Waals surface area contributed by atoms with Crippen molar-refractivity contribution in [2.45, 2.75) is 52.7 Å². The van der Waals surface area contributed by atoms with Crippen LogP contribution in [0.15, 0.2) is 10.5 Å². The van der Waals surface area contributed by atoms with Crippen molar-refractivity contribution in [2.75, 3.05) is 0 Å². The summed E-state index contributed by atoms with van der Waals surface area (Å²) in [5.74, 6) is 0.837. The first-order chi connectivity index (χ1) is 10.8. The molecule has 1 aliphatic rings. The molecule has 1 saturated carbocycles. The number of ether oxygens (including phenoxy) is 2. The van der Waals surface area contributed by atoms with Gasteiger partial charge in [0.2, 0.25) is 0 Å². The molecule has 1 fully saturated rings. The van der Waals surface area contributed by atoms with Crippen LogP contribution >= 0.6 is 27.3 Å². The lowest BCUT2D eigenvalue weighted by atomic mass is 9.75. The number of halogens is 3. The highest BCUT2D eigenvalue weighted by molar-refractivity contribution is 9.10. The number of hydrogen-bond donors (Lipinski definition) is 0. The van der Waals surface area contributed by atoms with E-state index in [0.717, 1.165) is 30.6 Å². The molecule has 1 aliphatic carbocycles. The molecule has 0 unspecified atom stereocenters. The van der Waals surface area contributed by atoms with E-state index in [1.165, 1.54) is 6.07 Å². The fourth-order valence-electron chi connectivity index (χ4n) is 3.06. The van der Waals surface area contributed by atoms with Gasteiger partial charge in [-0.3, -0.25) is 0 Å². The lowest BCUT2D eigenvalue weighted by Crippen LogP contribution is -2.35. The van der Waals surface area contributed by atoms with Crippen molar-refractivity contribution >= 4 is 33.2 Å². The molecule has 0 radical (unpaired) electrons. The maximum absolute atomic E-state index is 12.4. The van der Waals surface area contributed by atoms with Gasteiger partial charge in [-0.05, 0) is 52.6 Å². The predicted octanol–water partition coefficient (Wildman–Crippen LogP) is 5.73. The summed E-state index contributed by atoms with van der Waals surface area (Å²) in [4.78, 5) is 12.6. The summed E-state index contributed by atoms with van der Waals surface area (Å²) < 4.78 is 35.0. The fraction of sp³-hybridized carbons (Fsp3) is 0.688. The third kappa shape index (κ3) is 4.89. The zero-order valence-corrected chi connectivity index (χ0v) is 15.8. The summed E-state index contributed by atoms with van der Waals surface area (Å²) in [6.45, 7) is 3.52. The molecular weight excluding hydrogens is 390 g/mol. The smallest absolute Gasteiger partial charge is 0.388 e. The van der Waals surface area contributed by atoms with Crippen LogP contribution in [0, 0.1) is 17.8 Å². The van der Waals surface area contributed by atoms with E-state index in [1.54, 1.807) is 0 Å². The number of hydrogen-bond acceptors (Lipinski definition) is 4. The summed E-state index contributed by atoms with van der Waals surface area (Å²) in [7, 11) is 0. The van der Waals surface area contributed by atoms with Crippen molar-refractivity contribution < 1.29 is 23.0 Å². The van der Waals surface area contributed by atoms with Crippen LogP contribution in [0.4, 0.5) is 8.78 Å². The van der Waals surface area contributed by atoms with Crippen molar-refractivity contribution in [3.8, 4) is 5.06 Å². The minimum absolute atomic E-state index is 0.00984. The summed E-state index contributed by atoms with van der Waals surface area (Å²) in [5, 5.41) is -0.00984. The van der Waals surface area contributed by atoms with E-state index in [2.05, 4.69) is 41.4 Å². The monoisotopic (exact) mass is 410 g/mol. The number of rotatable bonds is 5. The highest BCUT2D eigenvalue weighted by atomic mass is 79.9. The molecule has 1 aromatic heterocycles. The maximum Gasteiger partial charge on any atom is 0.388 e. The Morgan fingerprint density at radius 3 is 2.70 bits per heavy atom. The van der Waals surface area contributed by atoms with Gasteiger partial charge in [0, 0.05) is 0 Å². The molecule has 0 N–H and O–H groups in total. The quantitative estimate of drug-likeness (QED) is 0.581. The molecule has 0 aliphatic heterocycles. The zero-order valence-electron chi connectivity index (χ0n) is 13.4. The van der Waals surface area contributed by atoms with Crippen LogP contribution in [0.25, 0.3) is 0 Å². The molecule has 130 valence electrons. The Balaban J connectivity index is 2.08. The molecule has 0 amide bonds. The van der Waals surface area contributed by atoms with Crippen LogP contribution in [0.2, 0.25) is 0 Å². The third-order valence-electron chi connectivity index (χ3n) is 4.27. The average Bonchev–Trinajstić information content (AvgIpc) is 2.79. The Morgan fingerprint density at radius 2 is 2.09 bits per heavy atom. The van der Waals surface area contributed by atoms with Crippen molar-refractivity contribution in [3.63, 3.8) is 0 Å². The lowest BCUT2D eigenvalue weighted by molar-refractivity contribution is -0.0477. The maximum atomic E-state index is 12.4. The largest absolute Gasteiger partial charge is 0.458 e. The lowest BCUT2D eigenvalue weighted by Gasteiger charge is -2.36. The Morgan fingerprint density at radius 1 is 1.39 bits per heavy atom. The van der Waals surface area contributed by atoms with Crippen molar-refractivity contribution in [1.82, 2.24) is 0 Å². The second-order valence-electron chi connectivity index (χ2n) is 6.39. The standard InChI is InChI=1S/C16H21BrF2O3S/c1-8(2)10-5-4-9(3)6-12(10)21-14(20)13-7-11(17)15(23-13)22-16(18)19/h7-10,12,16H,4-6H2,1-3H3/t9-,10+,12-/m1/s1. The van der Waals surface area contributed by atoms with Crippen LogP contribution in [-0.2, 0) is 4.74 Å². The molecule has 3 nitrogen and oxygen atoms in total. The van der Waals surface area contributed by atoms with Gasteiger partial charge in [0.1, 0.15) is 11.0 Å². The number of carbonyl (C=O) groups is 1. The zero-order chi connectivity index (χ0) is 17.1. The number of esters is 1.